The van der Waals surface area contributed by atoms with Crippen molar-refractivity contribution in [3.05, 3.63) is 30.1 Å². The molecule has 3 rings (SSSR count). The zero-order valence-corrected chi connectivity index (χ0v) is 11.4. The van der Waals surface area contributed by atoms with Crippen LogP contribution in [0.25, 0.3) is 11.0 Å². The minimum atomic E-state index is 0.471. The van der Waals surface area contributed by atoms with Gasteiger partial charge in [0.25, 0.3) is 0 Å². The van der Waals surface area contributed by atoms with E-state index in [0.29, 0.717) is 6.04 Å². The Bertz CT molecular complexity index is 543. The number of imidazole rings is 1. The van der Waals surface area contributed by atoms with Crippen molar-refractivity contribution in [2.75, 3.05) is 13.2 Å². The number of aryl methyl sites for hydroxylation is 1. The molecule has 0 aliphatic carbocycles. The van der Waals surface area contributed by atoms with Gasteiger partial charge in [-0.15, -0.1) is 0 Å². The molecule has 1 atom stereocenters. The first-order valence-electron chi connectivity index (χ1n) is 7.13. The van der Waals surface area contributed by atoms with Crippen molar-refractivity contribution in [3.63, 3.8) is 0 Å². The minimum Gasteiger partial charge on any atom is -0.380 e. The molecular weight excluding hydrogens is 238 g/mol. The lowest BCUT2D eigenvalue weighted by Gasteiger charge is -2.23. The second-order valence-electron chi connectivity index (χ2n) is 5.06. The Hall–Kier alpha value is -1.39. The van der Waals surface area contributed by atoms with Crippen molar-refractivity contribution in [3.8, 4) is 0 Å². The molecule has 1 N–H and O–H groups in total. The van der Waals surface area contributed by atoms with Crippen molar-refractivity contribution in [1.82, 2.24) is 14.9 Å². The van der Waals surface area contributed by atoms with Crippen molar-refractivity contribution in [2.24, 2.45) is 0 Å². The maximum absolute atomic E-state index is 5.50. The SMILES string of the molecule is CCn1c(CNC2CCCOC2)nc2ccccc21. The standard InChI is InChI=1S/C15H21N3O/c1-2-18-14-8-4-3-7-13(14)17-15(18)10-16-12-6-5-9-19-11-12/h3-4,7-8,12,16H,2,5-6,9-11H2,1H3. The van der Waals surface area contributed by atoms with E-state index in [-0.39, 0.29) is 0 Å². The number of hydrogen-bond acceptors (Lipinski definition) is 3. The molecule has 0 bridgehead atoms. The van der Waals surface area contributed by atoms with Gasteiger partial charge in [0.1, 0.15) is 5.82 Å². The molecule has 4 heteroatoms. The maximum atomic E-state index is 5.50. The van der Waals surface area contributed by atoms with E-state index < -0.39 is 0 Å². The van der Waals surface area contributed by atoms with E-state index in [1.54, 1.807) is 0 Å². The van der Waals surface area contributed by atoms with Gasteiger partial charge in [-0.2, -0.15) is 0 Å². The smallest absolute Gasteiger partial charge is 0.123 e. The van der Waals surface area contributed by atoms with Crippen molar-refractivity contribution < 1.29 is 4.74 Å². The molecule has 0 amide bonds. The molecule has 1 unspecified atom stereocenters. The Morgan fingerprint density at radius 3 is 3.11 bits per heavy atom. The number of aromatic nitrogens is 2. The molecule has 19 heavy (non-hydrogen) atoms. The van der Waals surface area contributed by atoms with Gasteiger partial charge in [-0.3, -0.25) is 0 Å². The highest BCUT2D eigenvalue weighted by atomic mass is 16.5. The van der Waals surface area contributed by atoms with Crippen LogP contribution in [0.2, 0.25) is 0 Å². The molecule has 0 spiro atoms. The summed E-state index contributed by atoms with van der Waals surface area (Å²) in [6, 6.07) is 8.80. The summed E-state index contributed by atoms with van der Waals surface area (Å²) in [5.74, 6) is 1.12. The summed E-state index contributed by atoms with van der Waals surface area (Å²) in [6.45, 7) is 5.68. The first kappa shape index (κ1) is 12.6. The Kier molecular flexibility index (Phi) is 3.80. The van der Waals surface area contributed by atoms with Crippen molar-refractivity contribution in [2.45, 2.75) is 38.9 Å². The third-order valence-electron chi connectivity index (χ3n) is 3.76. The average molecular weight is 259 g/mol. The lowest BCUT2D eigenvalue weighted by Crippen LogP contribution is -2.36. The summed E-state index contributed by atoms with van der Waals surface area (Å²) in [5.41, 5.74) is 2.31. The fourth-order valence-corrected chi connectivity index (χ4v) is 2.75. The summed E-state index contributed by atoms with van der Waals surface area (Å²) < 4.78 is 7.78. The zero-order valence-electron chi connectivity index (χ0n) is 11.4. The van der Waals surface area contributed by atoms with Gasteiger partial charge in [0.2, 0.25) is 0 Å². The fraction of sp³-hybridized carbons (Fsp3) is 0.533. The topological polar surface area (TPSA) is 39.1 Å². The molecule has 1 aromatic carbocycles. The van der Waals surface area contributed by atoms with Crippen LogP contribution in [0.5, 0.6) is 0 Å². The van der Waals surface area contributed by atoms with Gasteiger partial charge in [-0.1, -0.05) is 12.1 Å². The molecule has 2 aromatic rings. The van der Waals surface area contributed by atoms with Crippen LogP contribution >= 0.6 is 0 Å². The molecule has 1 aliphatic rings. The summed E-state index contributed by atoms with van der Waals surface area (Å²) in [6.07, 6.45) is 2.36. The lowest BCUT2D eigenvalue weighted by atomic mass is 10.1. The number of ether oxygens (including phenoxy) is 1. The Morgan fingerprint density at radius 1 is 1.42 bits per heavy atom. The van der Waals surface area contributed by atoms with Gasteiger partial charge in [0.05, 0.1) is 24.2 Å². The Morgan fingerprint density at radius 2 is 2.32 bits per heavy atom. The number of nitrogens with one attached hydrogen (secondary N) is 1. The molecule has 2 heterocycles. The quantitative estimate of drug-likeness (QED) is 0.916. The Labute approximate surface area is 113 Å². The lowest BCUT2D eigenvalue weighted by molar-refractivity contribution is 0.0696. The largest absolute Gasteiger partial charge is 0.380 e. The number of nitrogens with zero attached hydrogens (tertiary/aromatic N) is 2. The van der Waals surface area contributed by atoms with Gasteiger partial charge in [-0.05, 0) is 31.9 Å². The third-order valence-corrected chi connectivity index (χ3v) is 3.76. The van der Waals surface area contributed by atoms with E-state index in [0.717, 1.165) is 44.1 Å². The van der Waals surface area contributed by atoms with Crippen LogP contribution in [0.4, 0.5) is 0 Å². The van der Waals surface area contributed by atoms with Crippen LogP contribution in [0.15, 0.2) is 24.3 Å². The molecule has 1 aromatic heterocycles. The van der Waals surface area contributed by atoms with Crippen LogP contribution in [0.3, 0.4) is 0 Å². The van der Waals surface area contributed by atoms with E-state index in [1.807, 2.05) is 6.07 Å². The normalized spacial score (nSPS) is 19.9. The van der Waals surface area contributed by atoms with Crippen LogP contribution in [0.1, 0.15) is 25.6 Å². The van der Waals surface area contributed by atoms with Crippen molar-refractivity contribution in [1.29, 1.82) is 0 Å². The van der Waals surface area contributed by atoms with Crippen LogP contribution < -0.4 is 5.32 Å². The predicted octanol–water partition coefficient (Wildman–Crippen LogP) is 2.32. The first-order chi connectivity index (χ1) is 9.38. The monoisotopic (exact) mass is 259 g/mol. The van der Waals surface area contributed by atoms with Crippen LogP contribution in [-0.4, -0.2) is 28.8 Å². The average Bonchev–Trinajstić information content (AvgIpc) is 2.83. The number of benzene rings is 1. The van der Waals surface area contributed by atoms with E-state index in [1.165, 1.54) is 11.9 Å². The molecule has 4 nitrogen and oxygen atoms in total. The molecule has 102 valence electrons. The molecule has 1 saturated heterocycles. The highest BCUT2D eigenvalue weighted by Gasteiger charge is 2.15. The second kappa shape index (κ2) is 5.72. The van der Waals surface area contributed by atoms with Gasteiger partial charge >= 0.3 is 0 Å². The molecule has 1 aliphatic heterocycles. The minimum absolute atomic E-state index is 0.471. The van der Waals surface area contributed by atoms with Gasteiger partial charge < -0.3 is 14.6 Å². The van der Waals surface area contributed by atoms with E-state index in [2.05, 4.69) is 35.0 Å². The number of rotatable bonds is 4. The summed E-state index contributed by atoms with van der Waals surface area (Å²) in [4.78, 5) is 4.73. The zero-order chi connectivity index (χ0) is 13.1. The number of para-hydroxylation sites is 2. The van der Waals surface area contributed by atoms with Crippen molar-refractivity contribution >= 4 is 11.0 Å². The van der Waals surface area contributed by atoms with Gasteiger partial charge in [0.15, 0.2) is 0 Å². The van der Waals surface area contributed by atoms with Crippen LogP contribution in [-0.2, 0) is 17.8 Å². The third kappa shape index (κ3) is 2.65. The highest BCUT2D eigenvalue weighted by Crippen LogP contribution is 2.16. The first-order valence-corrected chi connectivity index (χ1v) is 7.13. The molecule has 0 saturated carbocycles. The van der Waals surface area contributed by atoms with E-state index >= 15 is 0 Å². The number of fused-ring (bicyclic) bond motifs is 1. The molecule has 1 fully saturated rings. The van der Waals surface area contributed by atoms with Gasteiger partial charge in [0, 0.05) is 19.2 Å². The molecule has 0 radical (unpaired) electrons. The highest BCUT2D eigenvalue weighted by molar-refractivity contribution is 5.75. The summed E-state index contributed by atoms with van der Waals surface area (Å²) in [5, 5.41) is 3.57. The number of hydrogen-bond donors (Lipinski definition) is 1. The second-order valence-corrected chi connectivity index (χ2v) is 5.06. The predicted molar refractivity (Wildman–Crippen MR) is 76.1 cm³/mol. The Balaban J connectivity index is 1.76. The summed E-state index contributed by atoms with van der Waals surface area (Å²) >= 11 is 0. The summed E-state index contributed by atoms with van der Waals surface area (Å²) in [7, 11) is 0. The molecular formula is C15H21N3O. The van der Waals surface area contributed by atoms with Crippen LogP contribution in [0, 0.1) is 0 Å². The maximum Gasteiger partial charge on any atom is 0.123 e. The van der Waals surface area contributed by atoms with E-state index in [9.17, 15) is 0 Å². The van der Waals surface area contributed by atoms with Gasteiger partial charge in [-0.25, -0.2) is 4.98 Å². The van der Waals surface area contributed by atoms with E-state index in [4.69, 9.17) is 9.72 Å². The fourth-order valence-electron chi connectivity index (χ4n) is 2.75.